The van der Waals surface area contributed by atoms with Gasteiger partial charge in [0.25, 0.3) is 0 Å². The van der Waals surface area contributed by atoms with Crippen molar-refractivity contribution in [3.8, 4) is 0 Å². The quantitative estimate of drug-likeness (QED) is 0.651. The summed E-state index contributed by atoms with van der Waals surface area (Å²) in [5.41, 5.74) is 2.15. The molecule has 0 atom stereocenters. The lowest BCUT2D eigenvalue weighted by Gasteiger charge is -2.21. The Bertz CT molecular complexity index is 455. The molecule has 1 heterocycles. The van der Waals surface area contributed by atoms with Crippen LogP contribution in [0.15, 0.2) is 41.7 Å². The second-order valence-corrected chi connectivity index (χ2v) is 5.02. The predicted molar refractivity (Wildman–Crippen MR) is 80.6 cm³/mol. The van der Waals surface area contributed by atoms with Gasteiger partial charge in [0.05, 0.1) is 0 Å². The molecular formula is C14H19N3S. The maximum absolute atomic E-state index is 5.48. The van der Waals surface area contributed by atoms with E-state index in [0.717, 1.165) is 29.3 Å². The fraction of sp³-hybridized carbons (Fsp3) is 0.357. The lowest BCUT2D eigenvalue weighted by Crippen LogP contribution is -2.23. The zero-order valence-corrected chi connectivity index (χ0v) is 11.9. The van der Waals surface area contributed by atoms with Crippen molar-refractivity contribution in [3.63, 3.8) is 0 Å². The normalized spacial score (nSPS) is 14.9. The zero-order valence-electron chi connectivity index (χ0n) is 11.1. The van der Waals surface area contributed by atoms with E-state index in [9.17, 15) is 0 Å². The van der Waals surface area contributed by atoms with Gasteiger partial charge in [-0.3, -0.25) is 0 Å². The van der Waals surface area contributed by atoms with Crippen molar-refractivity contribution < 1.29 is 0 Å². The van der Waals surface area contributed by atoms with Crippen LogP contribution in [0.4, 0.5) is 5.69 Å². The van der Waals surface area contributed by atoms with Crippen LogP contribution in [0.2, 0.25) is 0 Å². The minimum absolute atomic E-state index is 0.789. The number of anilines is 1. The molecule has 0 aliphatic carbocycles. The lowest BCUT2D eigenvalue weighted by molar-refractivity contribution is 0.419. The van der Waals surface area contributed by atoms with E-state index in [4.69, 9.17) is 12.2 Å². The number of nitrogens with one attached hydrogen (secondary N) is 1. The van der Waals surface area contributed by atoms with Crippen LogP contribution in [-0.4, -0.2) is 42.0 Å². The first-order valence-electron chi connectivity index (χ1n) is 6.09. The summed E-state index contributed by atoms with van der Waals surface area (Å²) < 4.78 is 0. The number of hydrogen-bond donors (Lipinski definition) is 1. The summed E-state index contributed by atoms with van der Waals surface area (Å²) >= 11 is 5.48. The first-order chi connectivity index (χ1) is 8.59. The second kappa shape index (κ2) is 5.40. The van der Waals surface area contributed by atoms with Crippen molar-refractivity contribution in [2.75, 3.05) is 32.5 Å². The number of benzene rings is 1. The molecule has 1 saturated heterocycles. The number of para-hydroxylation sites is 1. The van der Waals surface area contributed by atoms with Crippen molar-refractivity contribution in [3.05, 3.63) is 41.7 Å². The number of thiocarbonyl (C=S) groups is 1. The van der Waals surface area contributed by atoms with E-state index < -0.39 is 0 Å². The molecule has 96 valence electrons. The van der Waals surface area contributed by atoms with Gasteiger partial charge in [-0.15, -0.1) is 0 Å². The average Bonchev–Trinajstić information content (AvgIpc) is 2.69. The minimum Gasteiger partial charge on any atom is -0.359 e. The summed E-state index contributed by atoms with van der Waals surface area (Å²) in [5.74, 6) is 1.21. The Kier molecular flexibility index (Phi) is 3.87. The third-order valence-electron chi connectivity index (χ3n) is 3.20. The average molecular weight is 261 g/mol. The maximum atomic E-state index is 5.48. The van der Waals surface area contributed by atoms with Crippen molar-refractivity contribution in [2.45, 2.75) is 6.92 Å². The molecule has 2 rings (SSSR count). The number of hydrogen-bond acceptors (Lipinski definition) is 3. The Labute approximate surface area is 114 Å². The van der Waals surface area contributed by atoms with Crippen LogP contribution in [0.5, 0.6) is 0 Å². The zero-order chi connectivity index (χ0) is 13.1. The first kappa shape index (κ1) is 12.9. The van der Waals surface area contributed by atoms with Crippen LogP contribution in [0.3, 0.4) is 0 Å². The van der Waals surface area contributed by atoms with Crippen LogP contribution >= 0.6 is 12.2 Å². The highest BCUT2D eigenvalue weighted by Crippen LogP contribution is 2.20. The number of nitrogens with zero attached hydrogens (tertiary/aromatic N) is 2. The van der Waals surface area contributed by atoms with Gasteiger partial charge in [-0.2, -0.15) is 0 Å². The molecule has 0 saturated carbocycles. The molecule has 1 aliphatic heterocycles. The monoisotopic (exact) mass is 261 g/mol. The van der Waals surface area contributed by atoms with Crippen LogP contribution in [-0.2, 0) is 0 Å². The largest absolute Gasteiger partial charge is 0.359 e. The molecule has 0 unspecified atom stereocenters. The van der Waals surface area contributed by atoms with E-state index in [2.05, 4.69) is 36.1 Å². The topological polar surface area (TPSA) is 18.5 Å². The molecule has 1 aromatic rings. The van der Waals surface area contributed by atoms with Crippen molar-refractivity contribution in [1.29, 1.82) is 0 Å². The van der Waals surface area contributed by atoms with Gasteiger partial charge in [0.1, 0.15) is 10.8 Å². The third kappa shape index (κ3) is 2.64. The van der Waals surface area contributed by atoms with E-state index in [1.165, 1.54) is 5.82 Å². The van der Waals surface area contributed by atoms with Crippen LogP contribution in [0, 0.1) is 0 Å². The third-order valence-corrected chi connectivity index (χ3v) is 3.61. The summed E-state index contributed by atoms with van der Waals surface area (Å²) in [6.07, 6.45) is 0. The van der Waals surface area contributed by atoms with Gasteiger partial charge in [-0.1, -0.05) is 30.4 Å². The fourth-order valence-electron chi connectivity index (χ4n) is 2.22. The molecule has 3 nitrogen and oxygen atoms in total. The Morgan fingerprint density at radius 2 is 1.67 bits per heavy atom. The molecule has 0 bridgehead atoms. The molecule has 0 radical (unpaired) electrons. The van der Waals surface area contributed by atoms with E-state index >= 15 is 0 Å². The van der Waals surface area contributed by atoms with Crippen molar-refractivity contribution in [2.24, 2.45) is 0 Å². The van der Waals surface area contributed by atoms with Crippen LogP contribution in [0.25, 0.3) is 0 Å². The molecule has 1 aliphatic rings. The Hall–Kier alpha value is -1.55. The molecule has 1 N–H and O–H groups in total. The second-order valence-electron chi connectivity index (χ2n) is 4.61. The van der Waals surface area contributed by atoms with Gasteiger partial charge >= 0.3 is 0 Å². The number of rotatable bonds is 2. The molecule has 0 spiro atoms. The molecular weight excluding hydrogens is 242 g/mol. The van der Waals surface area contributed by atoms with Crippen molar-refractivity contribution in [1.82, 2.24) is 9.80 Å². The maximum Gasteiger partial charge on any atom is 0.110 e. The summed E-state index contributed by atoms with van der Waals surface area (Å²) in [6.45, 7) is 4.18. The minimum atomic E-state index is 0.789. The summed E-state index contributed by atoms with van der Waals surface area (Å²) in [6, 6.07) is 10.0. The SMILES string of the molecule is CC(C(=S)Nc1ccccc1)=C1N(C)CCN1C. The highest BCUT2D eigenvalue weighted by Gasteiger charge is 2.21. The van der Waals surface area contributed by atoms with E-state index in [0.29, 0.717) is 0 Å². The van der Waals surface area contributed by atoms with E-state index in [1.54, 1.807) is 0 Å². The van der Waals surface area contributed by atoms with Gasteiger partial charge in [0.2, 0.25) is 0 Å². The Balaban J connectivity index is 2.16. The summed E-state index contributed by atoms with van der Waals surface area (Å²) in [5, 5.41) is 3.28. The summed E-state index contributed by atoms with van der Waals surface area (Å²) in [7, 11) is 4.21. The van der Waals surface area contributed by atoms with E-state index in [1.807, 2.05) is 30.3 Å². The summed E-state index contributed by atoms with van der Waals surface area (Å²) in [4.78, 5) is 5.28. The standard InChI is InChI=1S/C14H19N3S/c1-11(14-16(2)9-10-17(14)3)13(18)15-12-7-5-4-6-8-12/h4-8H,9-10H2,1-3H3,(H,15,18). The molecule has 1 aromatic carbocycles. The van der Waals surface area contributed by atoms with Gasteiger partial charge in [0, 0.05) is 38.4 Å². The molecule has 4 heteroatoms. The van der Waals surface area contributed by atoms with Crippen LogP contribution in [0.1, 0.15) is 6.92 Å². The van der Waals surface area contributed by atoms with Crippen molar-refractivity contribution >= 4 is 22.9 Å². The Morgan fingerprint density at radius 1 is 1.11 bits per heavy atom. The van der Waals surface area contributed by atoms with Gasteiger partial charge in [-0.05, 0) is 19.1 Å². The highest BCUT2D eigenvalue weighted by molar-refractivity contribution is 7.81. The highest BCUT2D eigenvalue weighted by atomic mass is 32.1. The first-order valence-corrected chi connectivity index (χ1v) is 6.50. The van der Waals surface area contributed by atoms with Gasteiger partial charge < -0.3 is 15.1 Å². The van der Waals surface area contributed by atoms with Gasteiger partial charge in [0.15, 0.2) is 0 Å². The van der Waals surface area contributed by atoms with Gasteiger partial charge in [-0.25, -0.2) is 0 Å². The molecule has 18 heavy (non-hydrogen) atoms. The Morgan fingerprint density at radius 3 is 2.22 bits per heavy atom. The van der Waals surface area contributed by atoms with E-state index in [-0.39, 0.29) is 0 Å². The molecule has 0 amide bonds. The lowest BCUT2D eigenvalue weighted by atomic mass is 10.2. The number of likely N-dealkylation sites (N-methyl/N-ethyl adjacent to an activating group) is 2. The molecule has 1 fully saturated rings. The fourth-order valence-corrected chi connectivity index (χ4v) is 2.43. The van der Waals surface area contributed by atoms with Crippen LogP contribution < -0.4 is 5.32 Å². The smallest absolute Gasteiger partial charge is 0.110 e. The predicted octanol–water partition coefficient (Wildman–Crippen LogP) is 2.53. The molecule has 0 aromatic heterocycles.